The van der Waals surface area contributed by atoms with E-state index in [0.717, 1.165) is 12.1 Å². The van der Waals surface area contributed by atoms with Gasteiger partial charge in [-0.25, -0.2) is 9.61 Å². The van der Waals surface area contributed by atoms with Gasteiger partial charge < -0.3 is 10.1 Å². The molecule has 0 spiro atoms. The molecule has 136 valence electrons. The SMILES string of the molecule is Cc1nonc1OCCNc1nncc(-c2cccc(C(F)(F)F)c2)n1. The normalized spacial score (nSPS) is 11.4. The number of alkyl halides is 3. The first kappa shape index (κ1) is 17.6. The van der Waals surface area contributed by atoms with Gasteiger partial charge in [-0.1, -0.05) is 17.3 Å². The molecule has 0 radical (unpaired) electrons. The Morgan fingerprint density at radius 3 is 2.81 bits per heavy atom. The van der Waals surface area contributed by atoms with E-state index >= 15 is 0 Å². The Balaban J connectivity index is 1.64. The van der Waals surface area contributed by atoms with Crippen molar-refractivity contribution < 1.29 is 22.5 Å². The monoisotopic (exact) mass is 366 g/mol. The molecule has 0 aliphatic carbocycles. The molecular formula is C15H13F3N6O2. The van der Waals surface area contributed by atoms with Crippen LogP contribution < -0.4 is 10.1 Å². The topological polar surface area (TPSA) is 98.9 Å². The molecule has 1 aromatic carbocycles. The molecule has 0 unspecified atom stereocenters. The fourth-order valence-corrected chi connectivity index (χ4v) is 2.04. The molecule has 11 heteroatoms. The first-order chi connectivity index (χ1) is 12.4. The van der Waals surface area contributed by atoms with Crippen molar-refractivity contribution in [2.24, 2.45) is 0 Å². The standard InChI is InChI=1S/C15H13F3N6O2/c1-9-13(24-26-23-9)25-6-5-19-14-21-12(8-20-22-14)10-3-2-4-11(7-10)15(16,17)18/h2-4,7-8H,5-6H2,1H3,(H,19,21,22). The largest absolute Gasteiger partial charge is 0.472 e. The number of anilines is 1. The van der Waals surface area contributed by atoms with E-state index in [2.05, 4.69) is 35.4 Å². The average molecular weight is 366 g/mol. The minimum atomic E-state index is -4.43. The minimum Gasteiger partial charge on any atom is -0.472 e. The summed E-state index contributed by atoms with van der Waals surface area (Å²) < 4.78 is 48.3. The summed E-state index contributed by atoms with van der Waals surface area (Å²) in [5, 5.41) is 17.6. The number of rotatable bonds is 6. The Morgan fingerprint density at radius 1 is 1.23 bits per heavy atom. The lowest BCUT2D eigenvalue weighted by Crippen LogP contribution is -2.14. The Kier molecular flexibility index (Phi) is 4.96. The lowest BCUT2D eigenvalue weighted by molar-refractivity contribution is -0.137. The van der Waals surface area contributed by atoms with Crippen LogP contribution in [0.3, 0.4) is 0 Å². The number of ether oxygens (including phenoxy) is 1. The van der Waals surface area contributed by atoms with Gasteiger partial charge in [-0.15, -0.1) is 5.10 Å². The van der Waals surface area contributed by atoms with Gasteiger partial charge in [0.05, 0.1) is 24.0 Å². The third-order valence-electron chi connectivity index (χ3n) is 3.28. The van der Waals surface area contributed by atoms with Gasteiger partial charge >= 0.3 is 6.18 Å². The van der Waals surface area contributed by atoms with Crippen LogP contribution in [0.15, 0.2) is 35.1 Å². The van der Waals surface area contributed by atoms with Crippen molar-refractivity contribution in [3.63, 3.8) is 0 Å². The number of halogens is 3. The lowest BCUT2D eigenvalue weighted by Gasteiger charge is -2.09. The number of nitrogens with zero attached hydrogens (tertiary/aromatic N) is 5. The number of aromatic nitrogens is 5. The van der Waals surface area contributed by atoms with Gasteiger partial charge in [-0.05, 0) is 24.2 Å². The second kappa shape index (κ2) is 7.33. The highest BCUT2D eigenvalue weighted by molar-refractivity contribution is 5.60. The molecule has 0 fully saturated rings. The van der Waals surface area contributed by atoms with Gasteiger partial charge in [-0.3, -0.25) is 0 Å². The van der Waals surface area contributed by atoms with Crippen molar-refractivity contribution >= 4 is 5.95 Å². The predicted molar refractivity (Wildman–Crippen MR) is 83.3 cm³/mol. The van der Waals surface area contributed by atoms with Crippen molar-refractivity contribution in [2.45, 2.75) is 13.1 Å². The molecule has 26 heavy (non-hydrogen) atoms. The molecule has 0 bridgehead atoms. The van der Waals surface area contributed by atoms with Gasteiger partial charge in [0.15, 0.2) is 0 Å². The van der Waals surface area contributed by atoms with Gasteiger partial charge in [0.25, 0.3) is 5.88 Å². The Morgan fingerprint density at radius 2 is 2.08 bits per heavy atom. The average Bonchev–Trinajstić information content (AvgIpc) is 3.03. The van der Waals surface area contributed by atoms with Crippen LogP contribution in [0, 0.1) is 6.92 Å². The number of nitrogens with one attached hydrogen (secondary N) is 1. The number of hydrogen-bond donors (Lipinski definition) is 1. The quantitative estimate of drug-likeness (QED) is 0.665. The van der Waals surface area contributed by atoms with E-state index < -0.39 is 11.7 Å². The lowest BCUT2D eigenvalue weighted by atomic mass is 10.1. The fourth-order valence-electron chi connectivity index (χ4n) is 2.04. The summed E-state index contributed by atoms with van der Waals surface area (Å²) in [5.74, 6) is 0.446. The van der Waals surface area contributed by atoms with E-state index in [9.17, 15) is 13.2 Å². The predicted octanol–water partition coefficient (Wildman–Crippen LogP) is 2.74. The van der Waals surface area contributed by atoms with Gasteiger partial charge in [-0.2, -0.15) is 18.3 Å². The zero-order valence-electron chi connectivity index (χ0n) is 13.5. The molecule has 0 aliphatic rings. The number of aryl methyl sites for hydroxylation is 1. The third kappa shape index (κ3) is 4.23. The van der Waals surface area contributed by atoms with Crippen LogP contribution in [0.5, 0.6) is 5.88 Å². The van der Waals surface area contributed by atoms with Crippen LogP contribution in [0.2, 0.25) is 0 Å². The Labute approximate surface area is 145 Å². The molecule has 0 amide bonds. The Bertz CT molecular complexity index is 884. The van der Waals surface area contributed by atoms with Crippen molar-refractivity contribution in [2.75, 3.05) is 18.5 Å². The third-order valence-corrected chi connectivity index (χ3v) is 3.28. The molecule has 1 N–H and O–H groups in total. The first-order valence-electron chi connectivity index (χ1n) is 7.46. The molecule has 8 nitrogen and oxygen atoms in total. The van der Waals surface area contributed by atoms with Crippen LogP contribution in [0.4, 0.5) is 19.1 Å². The molecular weight excluding hydrogens is 353 g/mol. The molecule has 0 saturated heterocycles. The number of hydrogen-bond acceptors (Lipinski definition) is 8. The molecule has 3 rings (SSSR count). The second-order valence-electron chi connectivity index (χ2n) is 5.17. The molecule has 2 aromatic heterocycles. The van der Waals surface area contributed by atoms with Crippen LogP contribution in [0.1, 0.15) is 11.3 Å². The van der Waals surface area contributed by atoms with Gasteiger partial charge in [0.1, 0.15) is 12.3 Å². The maximum Gasteiger partial charge on any atom is 0.416 e. The van der Waals surface area contributed by atoms with E-state index in [1.165, 1.54) is 18.3 Å². The van der Waals surface area contributed by atoms with Gasteiger partial charge in [0, 0.05) is 5.56 Å². The summed E-state index contributed by atoms with van der Waals surface area (Å²) in [7, 11) is 0. The summed E-state index contributed by atoms with van der Waals surface area (Å²) in [6.07, 6.45) is -3.13. The molecule has 0 atom stereocenters. The Hall–Kier alpha value is -3.24. The van der Waals surface area contributed by atoms with Crippen LogP contribution in [0.25, 0.3) is 11.3 Å². The van der Waals surface area contributed by atoms with E-state index in [1.54, 1.807) is 6.92 Å². The highest BCUT2D eigenvalue weighted by atomic mass is 19.4. The summed E-state index contributed by atoms with van der Waals surface area (Å²) in [4.78, 5) is 4.16. The minimum absolute atomic E-state index is 0.165. The van der Waals surface area contributed by atoms with Crippen LogP contribution in [-0.2, 0) is 6.18 Å². The summed E-state index contributed by atoms with van der Waals surface area (Å²) in [6, 6.07) is 4.84. The maximum atomic E-state index is 12.8. The second-order valence-corrected chi connectivity index (χ2v) is 5.17. The molecule has 3 aromatic rings. The van der Waals surface area contributed by atoms with Crippen LogP contribution >= 0.6 is 0 Å². The molecule has 0 saturated carbocycles. The summed E-state index contributed by atoms with van der Waals surface area (Å²) in [6.45, 7) is 2.23. The summed E-state index contributed by atoms with van der Waals surface area (Å²) in [5.41, 5.74) is 0.326. The van der Waals surface area contributed by atoms with Crippen molar-refractivity contribution in [3.05, 3.63) is 41.7 Å². The number of benzene rings is 1. The van der Waals surface area contributed by atoms with Crippen LogP contribution in [-0.4, -0.2) is 38.6 Å². The van der Waals surface area contributed by atoms with E-state index in [4.69, 9.17) is 4.74 Å². The highest BCUT2D eigenvalue weighted by Crippen LogP contribution is 2.31. The molecule has 0 aliphatic heterocycles. The zero-order valence-corrected chi connectivity index (χ0v) is 13.5. The van der Waals surface area contributed by atoms with Gasteiger partial charge in [0.2, 0.25) is 5.95 Å². The van der Waals surface area contributed by atoms with Crippen molar-refractivity contribution in [3.8, 4) is 17.1 Å². The molecule has 2 heterocycles. The van der Waals surface area contributed by atoms with Crippen molar-refractivity contribution in [1.82, 2.24) is 25.5 Å². The smallest absolute Gasteiger partial charge is 0.416 e. The highest BCUT2D eigenvalue weighted by Gasteiger charge is 2.30. The summed E-state index contributed by atoms with van der Waals surface area (Å²) >= 11 is 0. The maximum absolute atomic E-state index is 12.8. The first-order valence-corrected chi connectivity index (χ1v) is 7.46. The van der Waals surface area contributed by atoms with Crippen molar-refractivity contribution in [1.29, 1.82) is 0 Å². The zero-order chi connectivity index (χ0) is 18.6. The van der Waals surface area contributed by atoms with E-state index in [1.807, 2.05) is 0 Å². The van der Waals surface area contributed by atoms with E-state index in [0.29, 0.717) is 17.8 Å². The van der Waals surface area contributed by atoms with E-state index in [-0.39, 0.29) is 24.1 Å². The fraction of sp³-hybridized carbons (Fsp3) is 0.267.